The fourth-order valence-electron chi connectivity index (χ4n) is 2.13. The van der Waals surface area contributed by atoms with Gasteiger partial charge in [0.15, 0.2) is 5.69 Å². The topological polar surface area (TPSA) is 146 Å². The number of nitrogens with one attached hydrogen (secondary N) is 1. The number of aromatic amines is 1. The predicted octanol–water partition coefficient (Wildman–Crippen LogP) is 2.05. The molecule has 2 aromatic heterocycles. The molecule has 0 saturated heterocycles. The van der Waals surface area contributed by atoms with Gasteiger partial charge in [0, 0.05) is 14.1 Å². The van der Waals surface area contributed by atoms with Crippen molar-refractivity contribution in [1.29, 1.82) is 0 Å². The summed E-state index contributed by atoms with van der Waals surface area (Å²) in [5.74, 6) is 0. The molecule has 0 aliphatic rings. The predicted molar refractivity (Wildman–Crippen MR) is 99.4 cm³/mol. The number of hydrogen-bond donors (Lipinski definition) is 2. The van der Waals surface area contributed by atoms with Crippen LogP contribution in [0.5, 0.6) is 0 Å². The molecule has 142 valence electrons. The fraction of sp³-hybridized carbons (Fsp3) is 0.214. The first-order chi connectivity index (χ1) is 12.7. The lowest BCUT2D eigenvalue weighted by atomic mass is 10.3. The molecule has 0 atom stereocenters. The van der Waals surface area contributed by atoms with Crippen molar-refractivity contribution in [2.24, 2.45) is 10.2 Å². The molecule has 0 aliphatic heterocycles. The van der Waals surface area contributed by atoms with Gasteiger partial charge < -0.3 is 4.90 Å². The van der Waals surface area contributed by atoms with Gasteiger partial charge in [0.2, 0.25) is 5.13 Å². The number of rotatable bonds is 5. The summed E-state index contributed by atoms with van der Waals surface area (Å²) in [7, 11) is -0.658. The van der Waals surface area contributed by atoms with Crippen molar-refractivity contribution in [3.8, 4) is 5.69 Å². The minimum Gasteiger partial charge on any atom is -0.353 e. The normalized spacial score (nSPS) is 12.0. The molecule has 3 aromatic rings. The van der Waals surface area contributed by atoms with Crippen LogP contribution in [0.1, 0.15) is 5.69 Å². The third kappa shape index (κ3) is 3.94. The van der Waals surface area contributed by atoms with Crippen molar-refractivity contribution in [3.05, 3.63) is 40.3 Å². The van der Waals surface area contributed by atoms with Gasteiger partial charge in [0.1, 0.15) is 0 Å². The Morgan fingerprint density at radius 3 is 2.41 bits per heavy atom. The standard InChI is InChI=1S/C14H15N7O4S2/c1-8-11(15-16-13-17-18-14(26-13)20(2)3)12(22)21(19-8)9-4-6-10(7-5-9)27(23,24)25/h4-7,19H,1-3H3,(H,23,24,25). The molecule has 0 amide bonds. The van der Waals surface area contributed by atoms with E-state index in [-0.39, 0.29) is 10.6 Å². The number of nitrogens with zero attached hydrogens (tertiary/aromatic N) is 6. The summed E-state index contributed by atoms with van der Waals surface area (Å²) in [5, 5.41) is 19.5. The van der Waals surface area contributed by atoms with Crippen LogP contribution in [0.25, 0.3) is 5.69 Å². The molecular formula is C14H15N7O4S2. The minimum absolute atomic E-state index is 0.0930. The first kappa shape index (κ1) is 18.9. The van der Waals surface area contributed by atoms with E-state index >= 15 is 0 Å². The molecule has 27 heavy (non-hydrogen) atoms. The second-order valence-corrected chi connectivity index (χ2v) is 8.01. The Hall–Kier alpha value is -2.90. The summed E-state index contributed by atoms with van der Waals surface area (Å²) in [4.78, 5) is 14.1. The van der Waals surface area contributed by atoms with E-state index in [0.717, 1.165) is 0 Å². The summed E-state index contributed by atoms with van der Waals surface area (Å²) in [6.07, 6.45) is 0. The van der Waals surface area contributed by atoms with E-state index in [2.05, 4.69) is 25.5 Å². The zero-order valence-electron chi connectivity index (χ0n) is 14.5. The zero-order chi connectivity index (χ0) is 19.8. The molecule has 0 bridgehead atoms. The number of benzene rings is 1. The molecule has 11 nitrogen and oxygen atoms in total. The molecule has 0 unspecified atom stereocenters. The Morgan fingerprint density at radius 1 is 1.19 bits per heavy atom. The second kappa shape index (κ2) is 7.02. The number of aryl methyl sites for hydroxylation is 1. The lowest BCUT2D eigenvalue weighted by Crippen LogP contribution is -2.14. The van der Waals surface area contributed by atoms with E-state index < -0.39 is 15.7 Å². The highest BCUT2D eigenvalue weighted by molar-refractivity contribution is 7.85. The van der Waals surface area contributed by atoms with Crippen LogP contribution < -0.4 is 10.5 Å². The van der Waals surface area contributed by atoms with Crippen molar-refractivity contribution in [2.75, 3.05) is 19.0 Å². The van der Waals surface area contributed by atoms with Crippen LogP contribution in [0.4, 0.5) is 16.0 Å². The van der Waals surface area contributed by atoms with Gasteiger partial charge >= 0.3 is 0 Å². The molecule has 13 heteroatoms. The van der Waals surface area contributed by atoms with Gasteiger partial charge in [-0.25, -0.2) is 4.68 Å². The molecule has 1 aromatic carbocycles. The van der Waals surface area contributed by atoms with Crippen molar-refractivity contribution < 1.29 is 13.0 Å². The number of hydrogen-bond acceptors (Lipinski definition) is 9. The van der Waals surface area contributed by atoms with Gasteiger partial charge in [-0.15, -0.1) is 20.4 Å². The fourth-order valence-corrected chi connectivity index (χ4v) is 3.20. The molecule has 0 fully saturated rings. The molecule has 0 spiro atoms. The highest BCUT2D eigenvalue weighted by atomic mass is 32.2. The number of azo groups is 1. The summed E-state index contributed by atoms with van der Waals surface area (Å²) < 4.78 is 32.4. The van der Waals surface area contributed by atoms with Crippen LogP contribution in [0, 0.1) is 6.92 Å². The lowest BCUT2D eigenvalue weighted by Gasteiger charge is -2.03. The van der Waals surface area contributed by atoms with Gasteiger partial charge in [-0.05, 0) is 31.2 Å². The molecule has 0 saturated carbocycles. The van der Waals surface area contributed by atoms with Crippen LogP contribution in [-0.4, -0.2) is 47.0 Å². The molecule has 0 radical (unpaired) electrons. The molecular weight excluding hydrogens is 394 g/mol. The van der Waals surface area contributed by atoms with Gasteiger partial charge in [0.25, 0.3) is 20.8 Å². The third-order valence-corrected chi connectivity index (χ3v) is 5.30. The number of aromatic nitrogens is 4. The Balaban J connectivity index is 1.92. The van der Waals surface area contributed by atoms with E-state index in [9.17, 15) is 13.2 Å². The number of H-pyrrole nitrogens is 1. The van der Waals surface area contributed by atoms with Crippen LogP contribution in [0.3, 0.4) is 0 Å². The van der Waals surface area contributed by atoms with E-state index in [4.69, 9.17) is 4.55 Å². The van der Waals surface area contributed by atoms with Gasteiger partial charge in [0.05, 0.1) is 16.3 Å². The average molecular weight is 409 g/mol. The summed E-state index contributed by atoms with van der Waals surface area (Å²) >= 11 is 1.22. The third-order valence-electron chi connectivity index (χ3n) is 3.45. The summed E-state index contributed by atoms with van der Waals surface area (Å²) in [6, 6.07) is 5.15. The lowest BCUT2D eigenvalue weighted by molar-refractivity contribution is 0.483. The second-order valence-electron chi connectivity index (χ2n) is 5.66. The Kier molecular flexibility index (Phi) is 4.91. The zero-order valence-corrected chi connectivity index (χ0v) is 16.1. The van der Waals surface area contributed by atoms with Gasteiger partial charge in [-0.2, -0.15) is 8.42 Å². The van der Waals surface area contributed by atoms with E-state index in [0.29, 0.717) is 21.6 Å². The quantitative estimate of drug-likeness (QED) is 0.484. The average Bonchev–Trinajstić information content (AvgIpc) is 3.18. The van der Waals surface area contributed by atoms with Crippen molar-refractivity contribution in [3.63, 3.8) is 0 Å². The maximum absolute atomic E-state index is 12.6. The van der Waals surface area contributed by atoms with Crippen LogP contribution in [-0.2, 0) is 10.1 Å². The van der Waals surface area contributed by atoms with Crippen LogP contribution >= 0.6 is 11.3 Å². The van der Waals surface area contributed by atoms with Crippen LogP contribution in [0.15, 0.2) is 44.2 Å². The highest BCUT2D eigenvalue weighted by Crippen LogP contribution is 2.26. The van der Waals surface area contributed by atoms with Crippen molar-refractivity contribution in [1.82, 2.24) is 20.0 Å². The molecule has 2 N–H and O–H groups in total. The minimum atomic E-state index is -4.30. The molecule has 3 rings (SSSR count). The maximum atomic E-state index is 12.6. The Morgan fingerprint density at radius 2 is 1.85 bits per heavy atom. The first-order valence-corrected chi connectivity index (χ1v) is 9.74. The Labute approximate surface area is 157 Å². The smallest absolute Gasteiger partial charge is 0.299 e. The van der Waals surface area contributed by atoms with Crippen molar-refractivity contribution in [2.45, 2.75) is 11.8 Å². The number of anilines is 1. The largest absolute Gasteiger partial charge is 0.353 e. The highest BCUT2D eigenvalue weighted by Gasteiger charge is 2.14. The summed E-state index contributed by atoms with van der Waals surface area (Å²) in [6.45, 7) is 1.66. The van der Waals surface area contributed by atoms with Gasteiger partial charge in [-0.3, -0.25) is 14.4 Å². The van der Waals surface area contributed by atoms with Crippen LogP contribution in [0.2, 0.25) is 0 Å². The van der Waals surface area contributed by atoms with E-state index in [1.807, 2.05) is 14.1 Å². The first-order valence-electron chi connectivity index (χ1n) is 7.49. The SMILES string of the molecule is Cc1[nH]n(-c2ccc(S(=O)(=O)O)cc2)c(=O)c1N=Nc1nnc(N(C)C)s1. The van der Waals surface area contributed by atoms with E-state index in [1.54, 1.807) is 11.8 Å². The van der Waals surface area contributed by atoms with Gasteiger partial charge in [-0.1, -0.05) is 11.3 Å². The monoisotopic (exact) mass is 409 g/mol. The Bertz CT molecular complexity index is 1160. The summed E-state index contributed by atoms with van der Waals surface area (Å²) in [5.41, 5.74) is 0.478. The molecule has 2 heterocycles. The molecule has 0 aliphatic carbocycles. The van der Waals surface area contributed by atoms with Crippen molar-refractivity contribution >= 4 is 37.4 Å². The maximum Gasteiger partial charge on any atom is 0.299 e. The van der Waals surface area contributed by atoms with E-state index in [1.165, 1.54) is 40.3 Å².